The van der Waals surface area contributed by atoms with Crippen LogP contribution in [0.3, 0.4) is 0 Å². The van der Waals surface area contributed by atoms with E-state index >= 15 is 0 Å². The third-order valence-electron chi connectivity index (χ3n) is 5.17. The van der Waals surface area contributed by atoms with Crippen LogP contribution in [0, 0.1) is 0 Å². The molecule has 0 bridgehead atoms. The number of benzene rings is 2. The van der Waals surface area contributed by atoms with Crippen molar-refractivity contribution in [3.63, 3.8) is 0 Å². The molecule has 5 heteroatoms. The number of nitrogens with zero attached hydrogens (tertiary/aromatic N) is 1. The van der Waals surface area contributed by atoms with E-state index in [1.54, 1.807) is 24.3 Å². The highest BCUT2D eigenvalue weighted by Gasteiger charge is 2.23. The third-order valence-corrected chi connectivity index (χ3v) is 5.17. The topological polar surface area (TPSA) is 61.4 Å². The minimum absolute atomic E-state index is 0.0715. The van der Waals surface area contributed by atoms with Gasteiger partial charge in [0.1, 0.15) is 0 Å². The van der Waals surface area contributed by atoms with Crippen molar-refractivity contribution >= 4 is 23.2 Å². The number of hydrogen-bond acceptors (Lipinski definition) is 3. The minimum Gasteiger partial charge on any atom is -0.372 e. The van der Waals surface area contributed by atoms with Gasteiger partial charge in [0.15, 0.2) is 0 Å². The van der Waals surface area contributed by atoms with Gasteiger partial charge in [-0.3, -0.25) is 9.59 Å². The molecule has 0 atom stereocenters. The molecule has 0 radical (unpaired) electrons. The molecule has 2 fully saturated rings. The van der Waals surface area contributed by atoms with Gasteiger partial charge in [-0.25, -0.2) is 0 Å². The maximum Gasteiger partial charge on any atom is 0.255 e. The molecule has 27 heavy (non-hydrogen) atoms. The monoisotopic (exact) mass is 363 g/mol. The van der Waals surface area contributed by atoms with Crippen LogP contribution in [0.15, 0.2) is 48.5 Å². The fourth-order valence-corrected chi connectivity index (χ4v) is 3.38. The summed E-state index contributed by atoms with van der Waals surface area (Å²) < 4.78 is 0. The molecule has 0 spiro atoms. The van der Waals surface area contributed by atoms with Crippen LogP contribution in [0.25, 0.3) is 0 Å². The van der Waals surface area contributed by atoms with Crippen molar-refractivity contribution in [2.24, 2.45) is 0 Å². The van der Waals surface area contributed by atoms with Gasteiger partial charge >= 0.3 is 0 Å². The fourth-order valence-electron chi connectivity index (χ4n) is 3.38. The zero-order valence-electron chi connectivity index (χ0n) is 15.4. The van der Waals surface area contributed by atoms with E-state index in [2.05, 4.69) is 27.7 Å². The predicted octanol–water partition coefficient (Wildman–Crippen LogP) is 3.82. The second kappa shape index (κ2) is 7.82. The summed E-state index contributed by atoms with van der Waals surface area (Å²) in [6.07, 6.45) is 5.91. The lowest BCUT2D eigenvalue weighted by Gasteiger charge is -2.28. The Morgan fingerprint density at radius 2 is 1.37 bits per heavy atom. The molecule has 0 aromatic heterocycles. The first-order valence-electron chi connectivity index (χ1n) is 9.76. The molecule has 2 aromatic rings. The van der Waals surface area contributed by atoms with E-state index in [0.717, 1.165) is 31.6 Å². The van der Waals surface area contributed by atoms with Crippen LogP contribution in [0.4, 0.5) is 11.4 Å². The Hall–Kier alpha value is -2.82. The lowest BCUT2D eigenvalue weighted by molar-refractivity contribution is 0.0949. The maximum absolute atomic E-state index is 12.4. The third kappa shape index (κ3) is 4.48. The normalized spacial score (nSPS) is 16.7. The molecule has 1 heterocycles. The van der Waals surface area contributed by atoms with Crippen molar-refractivity contribution in [2.75, 3.05) is 23.3 Å². The molecule has 2 N–H and O–H groups in total. The largest absolute Gasteiger partial charge is 0.372 e. The highest BCUT2D eigenvalue weighted by atomic mass is 16.2. The van der Waals surface area contributed by atoms with Crippen molar-refractivity contribution in [3.05, 3.63) is 59.7 Å². The highest BCUT2D eigenvalue weighted by molar-refractivity contribution is 6.05. The summed E-state index contributed by atoms with van der Waals surface area (Å²) in [5.74, 6) is -0.243. The summed E-state index contributed by atoms with van der Waals surface area (Å²) in [7, 11) is 0. The van der Waals surface area contributed by atoms with Gasteiger partial charge in [-0.1, -0.05) is 0 Å². The molecule has 2 amide bonds. The van der Waals surface area contributed by atoms with Crippen molar-refractivity contribution in [1.82, 2.24) is 5.32 Å². The van der Waals surface area contributed by atoms with E-state index in [-0.39, 0.29) is 11.8 Å². The molecule has 4 rings (SSSR count). The summed E-state index contributed by atoms with van der Waals surface area (Å²) in [5, 5.41) is 5.87. The summed E-state index contributed by atoms with van der Waals surface area (Å²) in [6, 6.07) is 15.1. The second-order valence-corrected chi connectivity index (χ2v) is 7.37. The zero-order valence-corrected chi connectivity index (χ0v) is 15.4. The van der Waals surface area contributed by atoms with Crippen molar-refractivity contribution in [2.45, 2.75) is 38.1 Å². The highest BCUT2D eigenvalue weighted by Crippen LogP contribution is 2.22. The number of carbonyl (C=O) groups is 2. The van der Waals surface area contributed by atoms with Crippen molar-refractivity contribution < 1.29 is 9.59 Å². The number of rotatable bonds is 5. The van der Waals surface area contributed by atoms with Crippen molar-refractivity contribution in [3.8, 4) is 0 Å². The number of hydrogen-bond donors (Lipinski definition) is 2. The summed E-state index contributed by atoms with van der Waals surface area (Å²) in [6.45, 7) is 2.21. The van der Waals surface area contributed by atoms with E-state index < -0.39 is 0 Å². The van der Waals surface area contributed by atoms with Crippen LogP contribution in [0.2, 0.25) is 0 Å². The van der Waals surface area contributed by atoms with Gasteiger partial charge in [-0.05, 0) is 80.6 Å². The number of anilines is 2. The van der Waals surface area contributed by atoms with E-state index in [4.69, 9.17) is 0 Å². The number of carbonyl (C=O) groups excluding carboxylic acids is 2. The maximum atomic E-state index is 12.4. The first kappa shape index (κ1) is 17.6. The van der Waals surface area contributed by atoms with Crippen LogP contribution in [0.1, 0.15) is 52.8 Å². The van der Waals surface area contributed by atoms with Crippen LogP contribution < -0.4 is 15.5 Å². The van der Waals surface area contributed by atoms with Crippen LogP contribution in [0.5, 0.6) is 0 Å². The number of piperidine rings is 1. The van der Waals surface area contributed by atoms with Crippen LogP contribution >= 0.6 is 0 Å². The molecule has 140 valence electrons. The molecule has 1 aliphatic heterocycles. The quantitative estimate of drug-likeness (QED) is 0.849. The molecule has 5 nitrogen and oxygen atoms in total. The molecule has 0 unspecified atom stereocenters. The molecule has 1 saturated carbocycles. The summed E-state index contributed by atoms with van der Waals surface area (Å²) in [4.78, 5) is 26.9. The summed E-state index contributed by atoms with van der Waals surface area (Å²) in [5.41, 5.74) is 3.11. The van der Waals surface area contributed by atoms with E-state index in [0.29, 0.717) is 17.2 Å². The van der Waals surface area contributed by atoms with Gasteiger partial charge in [-0.2, -0.15) is 0 Å². The Morgan fingerprint density at radius 1 is 0.778 bits per heavy atom. The van der Waals surface area contributed by atoms with Gasteiger partial charge in [0, 0.05) is 41.6 Å². The summed E-state index contributed by atoms with van der Waals surface area (Å²) >= 11 is 0. The first-order valence-corrected chi connectivity index (χ1v) is 9.76. The molecular formula is C22H25N3O2. The number of amides is 2. The van der Waals surface area contributed by atoms with E-state index in [9.17, 15) is 9.59 Å². The van der Waals surface area contributed by atoms with Gasteiger partial charge in [0.2, 0.25) is 0 Å². The molecule has 2 aromatic carbocycles. The van der Waals surface area contributed by atoms with Gasteiger partial charge in [-0.15, -0.1) is 0 Å². The Kier molecular flexibility index (Phi) is 5.10. The molecular weight excluding hydrogens is 338 g/mol. The molecule has 2 aliphatic rings. The molecule has 1 aliphatic carbocycles. The molecule has 1 saturated heterocycles. The van der Waals surface area contributed by atoms with E-state index in [1.807, 2.05) is 12.1 Å². The predicted molar refractivity (Wildman–Crippen MR) is 107 cm³/mol. The van der Waals surface area contributed by atoms with Gasteiger partial charge < -0.3 is 15.5 Å². The number of nitrogens with one attached hydrogen (secondary N) is 2. The Bertz CT molecular complexity index is 804. The van der Waals surface area contributed by atoms with Crippen LogP contribution in [-0.2, 0) is 0 Å². The zero-order chi connectivity index (χ0) is 18.6. The Balaban J connectivity index is 1.35. The van der Waals surface area contributed by atoms with Crippen LogP contribution in [-0.4, -0.2) is 30.9 Å². The average molecular weight is 363 g/mol. The first-order chi connectivity index (χ1) is 13.2. The lowest BCUT2D eigenvalue weighted by Crippen LogP contribution is -2.29. The minimum atomic E-state index is -0.171. The van der Waals surface area contributed by atoms with E-state index in [1.165, 1.54) is 24.9 Å². The van der Waals surface area contributed by atoms with Crippen molar-refractivity contribution in [1.29, 1.82) is 0 Å². The van der Waals surface area contributed by atoms with Gasteiger partial charge in [0.05, 0.1) is 0 Å². The fraction of sp³-hybridized carbons (Fsp3) is 0.364. The lowest BCUT2D eigenvalue weighted by atomic mass is 10.1. The average Bonchev–Trinajstić information content (AvgIpc) is 3.53. The van der Waals surface area contributed by atoms with Gasteiger partial charge in [0.25, 0.3) is 11.8 Å². The standard InChI is InChI=1S/C22H25N3O2/c26-21(23-18-8-9-18)16-4-6-17(7-5-16)22(27)24-19-10-12-20(13-11-19)25-14-2-1-3-15-25/h4-7,10-13,18H,1-3,8-9,14-15H2,(H,23,26)(H,24,27). The second-order valence-electron chi connectivity index (χ2n) is 7.37. The SMILES string of the molecule is O=C(Nc1ccc(N2CCCCC2)cc1)c1ccc(C(=O)NC2CC2)cc1. The smallest absolute Gasteiger partial charge is 0.255 e. The Labute approximate surface area is 159 Å². The Morgan fingerprint density at radius 3 is 1.96 bits per heavy atom.